The Morgan fingerprint density at radius 2 is 2.38 bits per heavy atom. The second kappa shape index (κ2) is 2.90. The molecule has 2 aromatic rings. The zero-order chi connectivity index (χ0) is 9.26. The number of furan rings is 1. The van der Waals surface area contributed by atoms with Crippen LogP contribution in [0.25, 0.3) is 11.5 Å². The van der Waals surface area contributed by atoms with Crippen LogP contribution in [0.5, 0.6) is 0 Å². The summed E-state index contributed by atoms with van der Waals surface area (Å²) in [4.78, 5) is 10.4. The molecular formula is C9H8N2O2. The van der Waals surface area contributed by atoms with E-state index in [-0.39, 0.29) is 0 Å². The fourth-order valence-electron chi connectivity index (χ4n) is 1.10. The first-order valence-electron chi connectivity index (χ1n) is 3.87. The van der Waals surface area contributed by atoms with E-state index >= 15 is 0 Å². The molecule has 0 amide bonds. The van der Waals surface area contributed by atoms with E-state index in [9.17, 15) is 4.79 Å². The molecule has 1 N–H and O–H groups in total. The largest absolute Gasteiger partial charge is 0.460 e. The lowest BCUT2D eigenvalue weighted by atomic mass is 10.3. The predicted molar refractivity (Wildman–Crippen MR) is 46.4 cm³/mol. The highest BCUT2D eigenvalue weighted by atomic mass is 16.3. The lowest BCUT2D eigenvalue weighted by molar-refractivity contribution is 0.111. The Labute approximate surface area is 74.6 Å². The van der Waals surface area contributed by atoms with Gasteiger partial charge in [-0.25, -0.2) is 0 Å². The number of aromatic amines is 1. The van der Waals surface area contributed by atoms with Crippen LogP contribution in [0.15, 0.2) is 22.6 Å². The average Bonchev–Trinajstić information content (AvgIpc) is 2.71. The Bertz CT molecular complexity index is 428. The highest BCUT2D eigenvalue weighted by Gasteiger charge is 2.06. The molecule has 0 atom stereocenters. The van der Waals surface area contributed by atoms with Gasteiger partial charge in [0.1, 0.15) is 11.5 Å². The maximum absolute atomic E-state index is 10.4. The van der Waals surface area contributed by atoms with Gasteiger partial charge in [-0.1, -0.05) is 0 Å². The Kier molecular flexibility index (Phi) is 1.73. The van der Waals surface area contributed by atoms with Gasteiger partial charge < -0.3 is 4.42 Å². The summed E-state index contributed by atoms with van der Waals surface area (Å²) >= 11 is 0. The molecule has 4 nitrogen and oxygen atoms in total. The van der Waals surface area contributed by atoms with Crippen LogP contribution in [0.4, 0.5) is 0 Å². The standard InChI is InChI=1S/C9H8N2O2/c1-6-2-3-9(13-6)8-4-7(5-12)10-11-8/h2-5H,1H3,(H,10,11). The lowest BCUT2D eigenvalue weighted by Crippen LogP contribution is -1.75. The molecule has 2 rings (SSSR count). The average molecular weight is 176 g/mol. The smallest absolute Gasteiger partial charge is 0.167 e. The summed E-state index contributed by atoms with van der Waals surface area (Å²) < 4.78 is 5.33. The highest BCUT2D eigenvalue weighted by molar-refractivity contribution is 5.74. The zero-order valence-electron chi connectivity index (χ0n) is 7.07. The first-order valence-corrected chi connectivity index (χ1v) is 3.87. The van der Waals surface area contributed by atoms with Gasteiger partial charge in [0.25, 0.3) is 0 Å². The van der Waals surface area contributed by atoms with Gasteiger partial charge in [0.15, 0.2) is 12.0 Å². The molecule has 4 heteroatoms. The molecule has 0 saturated carbocycles. The number of aldehydes is 1. The van der Waals surface area contributed by atoms with Gasteiger partial charge >= 0.3 is 0 Å². The van der Waals surface area contributed by atoms with Gasteiger partial charge in [-0.15, -0.1) is 0 Å². The summed E-state index contributed by atoms with van der Waals surface area (Å²) in [5.74, 6) is 1.49. The third-order valence-electron chi connectivity index (χ3n) is 1.72. The molecule has 2 heterocycles. The number of hydrogen-bond donors (Lipinski definition) is 1. The number of nitrogens with one attached hydrogen (secondary N) is 1. The number of aryl methyl sites for hydroxylation is 1. The fourth-order valence-corrected chi connectivity index (χ4v) is 1.10. The summed E-state index contributed by atoms with van der Waals surface area (Å²) in [6.45, 7) is 1.86. The molecule has 0 aliphatic carbocycles. The van der Waals surface area contributed by atoms with Crippen molar-refractivity contribution >= 4 is 6.29 Å². The van der Waals surface area contributed by atoms with Crippen molar-refractivity contribution in [1.82, 2.24) is 10.2 Å². The molecule has 0 aliphatic rings. The third kappa shape index (κ3) is 1.38. The summed E-state index contributed by atoms with van der Waals surface area (Å²) in [5, 5.41) is 6.51. The highest BCUT2D eigenvalue weighted by Crippen LogP contribution is 2.19. The summed E-state index contributed by atoms with van der Waals surface area (Å²) in [7, 11) is 0. The molecule has 0 aliphatic heterocycles. The topological polar surface area (TPSA) is 58.9 Å². The van der Waals surface area contributed by atoms with Crippen LogP contribution < -0.4 is 0 Å². The van der Waals surface area contributed by atoms with E-state index in [1.165, 1.54) is 0 Å². The molecule has 0 unspecified atom stereocenters. The van der Waals surface area contributed by atoms with Crippen molar-refractivity contribution < 1.29 is 9.21 Å². The van der Waals surface area contributed by atoms with E-state index in [1.807, 2.05) is 19.1 Å². The minimum Gasteiger partial charge on any atom is -0.460 e. The molecule has 0 fully saturated rings. The summed E-state index contributed by atoms with van der Waals surface area (Å²) in [6.07, 6.45) is 0.715. The first-order chi connectivity index (χ1) is 6.29. The minimum absolute atomic E-state index is 0.448. The molecule has 0 spiro atoms. The lowest BCUT2D eigenvalue weighted by Gasteiger charge is -1.86. The van der Waals surface area contributed by atoms with Crippen molar-refractivity contribution in [1.29, 1.82) is 0 Å². The van der Waals surface area contributed by atoms with Crippen molar-refractivity contribution in [2.24, 2.45) is 0 Å². The van der Waals surface area contributed by atoms with Crippen LogP contribution in [0.2, 0.25) is 0 Å². The Balaban J connectivity index is 2.40. The zero-order valence-corrected chi connectivity index (χ0v) is 7.07. The molecule has 0 radical (unpaired) electrons. The Hall–Kier alpha value is -1.84. The van der Waals surface area contributed by atoms with Crippen molar-refractivity contribution in [3.05, 3.63) is 29.7 Å². The van der Waals surface area contributed by atoms with Crippen molar-refractivity contribution in [2.45, 2.75) is 6.92 Å². The summed E-state index contributed by atoms with van der Waals surface area (Å²) in [6, 6.07) is 5.32. The molecular weight excluding hydrogens is 168 g/mol. The van der Waals surface area contributed by atoms with Crippen LogP contribution in [-0.4, -0.2) is 16.5 Å². The third-order valence-corrected chi connectivity index (χ3v) is 1.72. The van der Waals surface area contributed by atoms with E-state index in [2.05, 4.69) is 10.2 Å². The number of carbonyl (C=O) groups is 1. The van der Waals surface area contributed by atoms with Gasteiger partial charge in [0.05, 0.1) is 5.69 Å². The van der Waals surface area contributed by atoms with E-state index in [1.54, 1.807) is 6.07 Å². The van der Waals surface area contributed by atoms with E-state index in [0.29, 0.717) is 23.4 Å². The van der Waals surface area contributed by atoms with Crippen LogP contribution in [-0.2, 0) is 0 Å². The van der Waals surface area contributed by atoms with E-state index in [4.69, 9.17) is 4.42 Å². The van der Waals surface area contributed by atoms with Gasteiger partial charge in [0.2, 0.25) is 0 Å². The van der Waals surface area contributed by atoms with Gasteiger partial charge in [-0.2, -0.15) is 5.10 Å². The maximum atomic E-state index is 10.4. The quantitative estimate of drug-likeness (QED) is 0.709. The van der Waals surface area contributed by atoms with E-state index in [0.717, 1.165) is 5.76 Å². The fraction of sp³-hybridized carbons (Fsp3) is 0.111. The SMILES string of the molecule is Cc1ccc(-c2cc(C=O)[nH]n2)o1. The normalized spacial score (nSPS) is 10.2. The van der Waals surface area contributed by atoms with Crippen LogP contribution in [0.3, 0.4) is 0 Å². The molecule has 0 bridgehead atoms. The molecule has 2 aromatic heterocycles. The van der Waals surface area contributed by atoms with Gasteiger partial charge in [-0.05, 0) is 25.1 Å². The molecule has 0 saturated heterocycles. The van der Waals surface area contributed by atoms with Crippen molar-refractivity contribution in [2.75, 3.05) is 0 Å². The number of hydrogen-bond acceptors (Lipinski definition) is 3. The van der Waals surface area contributed by atoms with Crippen molar-refractivity contribution in [3.63, 3.8) is 0 Å². The Morgan fingerprint density at radius 3 is 2.92 bits per heavy atom. The molecule has 13 heavy (non-hydrogen) atoms. The monoisotopic (exact) mass is 176 g/mol. The second-order valence-corrected chi connectivity index (χ2v) is 2.74. The van der Waals surface area contributed by atoms with Crippen LogP contribution in [0, 0.1) is 6.92 Å². The number of rotatable bonds is 2. The number of nitrogens with zero attached hydrogens (tertiary/aromatic N) is 1. The van der Waals surface area contributed by atoms with E-state index < -0.39 is 0 Å². The second-order valence-electron chi connectivity index (χ2n) is 2.74. The Morgan fingerprint density at radius 1 is 1.54 bits per heavy atom. The van der Waals surface area contributed by atoms with Crippen molar-refractivity contribution in [3.8, 4) is 11.5 Å². The number of H-pyrrole nitrogens is 1. The van der Waals surface area contributed by atoms with Gasteiger partial charge in [0, 0.05) is 0 Å². The predicted octanol–water partition coefficient (Wildman–Crippen LogP) is 1.79. The number of carbonyl (C=O) groups excluding carboxylic acids is 1. The molecule has 66 valence electrons. The van der Waals surface area contributed by atoms with Crippen LogP contribution >= 0.6 is 0 Å². The minimum atomic E-state index is 0.448. The first kappa shape index (κ1) is 7.79. The van der Waals surface area contributed by atoms with Crippen LogP contribution in [0.1, 0.15) is 16.2 Å². The maximum Gasteiger partial charge on any atom is 0.167 e. The summed E-state index contributed by atoms with van der Waals surface area (Å²) in [5.41, 5.74) is 1.10. The molecule has 0 aromatic carbocycles. The number of aromatic nitrogens is 2. The van der Waals surface area contributed by atoms with Gasteiger partial charge in [-0.3, -0.25) is 9.89 Å².